The summed E-state index contributed by atoms with van der Waals surface area (Å²) in [5.74, 6) is 0.146. The Morgan fingerprint density at radius 3 is 2.59 bits per heavy atom. The molecule has 0 aromatic heterocycles. The molecule has 1 aliphatic rings. The van der Waals surface area contributed by atoms with Crippen molar-refractivity contribution >= 4 is 46.6 Å². The van der Waals surface area contributed by atoms with Crippen LogP contribution in [0.3, 0.4) is 0 Å². The van der Waals surface area contributed by atoms with Crippen LogP contribution < -0.4 is 14.8 Å². The number of nitrogens with one attached hydrogen (secondary N) is 1. The van der Waals surface area contributed by atoms with Gasteiger partial charge < -0.3 is 14.8 Å². The summed E-state index contributed by atoms with van der Waals surface area (Å²) in [6.07, 6.45) is 1.28. The first-order chi connectivity index (χ1) is 12.9. The van der Waals surface area contributed by atoms with Crippen molar-refractivity contribution in [3.05, 3.63) is 61.6 Å². The van der Waals surface area contributed by atoms with Gasteiger partial charge in [0.05, 0.1) is 9.95 Å². The molecular weight excluding hydrogens is 397 g/mol. The molecule has 27 heavy (non-hydrogen) atoms. The van der Waals surface area contributed by atoms with E-state index in [4.69, 9.17) is 32.7 Å². The van der Waals surface area contributed by atoms with Crippen LogP contribution in [-0.2, 0) is 4.79 Å². The highest BCUT2D eigenvalue weighted by molar-refractivity contribution is 6.33. The van der Waals surface area contributed by atoms with Crippen molar-refractivity contribution in [2.24, 2.45) is 0 Å². The summed E-state index contributed by atoms with van der Waals surface area (Å²) < 4.78 is 10.4. The average Bonchev–Trinajstić information content (AvgIpc) is 3.07. The number of nitro benzene ring substituents is 1. The lowest BCUT2D eigenvalue weighted by Gasteiger charge is -2.06. The van der Waals surface area contributed by atoms with E-state index < -0.39 is 10.8 Å². The van der Waals surface area contributed by atoms with E-state index in [1.54, 1.807) is 12.1 Å². The molecule has 0 fully saturated rings. The zero-order valence-corrected chi connectivity index (χ0v) is 14.9. The molecule has 0 aliphatic carbocycles. The number of halogens is 2. The largest absolute Gasteiger partial charge is 0.454 e. The number of nitro groups is 1. The Labute approximate surface area is 162 Å². The van der Waals surface area contributed by atoms with Crippen LogP contribution in [0.15, 0.2) is 35.9 Å². The van der Waals surface area contributed by atoms with Gasteiger partial charge >= 0.3 is 0 Å². The minimum absolute atomic E-state index is 0.0553. The molecule has 0 bridgehead atoms. The number of ether oxygens (including phenoxy) is 2. The van der Waals surface area contributed by atoms with Crippen LogP contribution in [0.1, 0.15) is 5.56 Å². The molecule has 0 saturated heterocycles. The van der Waals surface area contributed by atoms with Crippen LogP contribution >= 0.6 is 23.2 Å². The number of rotatable bonds is 4. The Bertz CT molecular complexity index is 1030. The minimum Gasteiger partial charge on any atom is -0.454 e. The van der Waals surface area contributed by atoms with Crippen molar-refractivity contribution in [1.82, 2.24) is 0 Å². The third kappa shape index (κ3) is 3.95. The van der Waals surface area contributed by atoms with Crippen molar-refractivity contribution in [1.29, 1.82) is 5.26 Å². The number of fused-ring (bicyclic) bond motifs is 1. The first kappa shape index (κ1) is 18.5. The molecule has 2 aromatic carbocycles. The zero-order chi connectivity index (χ0) is 19.6. The van der Waals surface area contributed by atoms with Gasteiger partial charge in [0.1, 0.15) is 16.7 Å². The Kier molecular flexibility index (Phi) is 5.16. The van der Waals surface area contributed by atoms with E-state index in [0.717, 1.165) is 6.07 Å². The molecule has 1 heterocycles. The smallest absolute Gasteiger partial charge is 0.289 e. The number of hydrogen-bond donors (Lipinski definition) is 1. The maximum absolute atomic E-state index is 12.4. The predicted molar refractivity (Wildman–Crippen MR) is 97.9 cm³/mol. The van der Waals surface area contributed by atoms with Crippen LogP contribution in [0.4, 0.5) is 11.4 Å². The molecule has 0 radical (unpaired) electrons. The monoisotopic (exact) mass is 405 g/mol. The van der Waals surface area contributed by atoms with Gasteiger partial charge in [0.15, 0.2) is 11.5 Å². The van der Waals surface area contributed by atoms with E-state index in [0.29, 0.717) is 17.1 Å². The lowest BCUT2D eigenvalue weighted by Crippen LogP contribution is -2.13. The second kappa shape index (κ2) is 7.53. The van der Waals surface area contributed by atoms with E-state index in [2.05, 4.69) is 5.32 Å². The molecule has 10 heteroatoms. The van der Waals surface area contributed by atoms with Gasteiger partial charge in [-0.3, -0.25) is 14.9 Å². The summed E-state index contributed by atoms with van der Waals surface area (Å²) in [5, 5.41) is 22.8. The Morgan fingerprint density at radius 1 is 1.22 bits per heavy atom. The second-order valence-corrected chi connectivity index (χ2v) is 6.09. The molecule has 136 valence electrons. The fourth-order valence-electron chi connectivity index (χ4n) is 2.28. The van der Waals surface area contributed by atoms with Crippen molar-refractivity contribution in [3.8, 4) is 17.6 Å². The molecule has 1 N–H and O–H groups in total. The maximum atomic E-state index is 12.4. The standard InChI is InChI=1S/C17H9Cl2N3O5/c18-12-2-1-11(5-14(12)22(24)25)21-17(23)10(7-20)3-9-4-15-16(6-13(9)19)27-8-26-15/h1-6H,8H2,(H,21,23). The van der Waals surface area contributed by atoms with Crippen molar-refractivity contribution in [2.45, 2.75) is 0 Å². The van der Waals surface area contributed by atoms with Crippen molar-refractivity contribution < 1.29 is 19.2 Å². The molecule has 0 atom stereocenters. The predicted octanol–water partition coefficient (Wildman–Crippen LogP) is 4.18. The summed E-state index contributed by atoms with van der Waals surface area (Å²) in [6.45, 7) is 0.0553. The van der Waals surface area contributed by atoms with Crippen LogP contribution in [0.2, 0.25) is 10.0 Å². The van der Waals surface area contributed by atoms with E-state index >= 15 is 0 Å². The number of carbonyl (C=O) groups is 1. The molecule has 8 nitrogen and oxygen atoms in total. The number of amides is 1. The average molecular weight is 406 g/mol. The van der Waals surface area contributed by atoms with Crippen LogP contribution in [0.25, 0.3) is 6.08 Å². The van der Waals surface area contributed by atoms with Crippen molar-refractivity contribution in [3.63, 3.8) is 0 Å². The molecule has 0 unspecified atom stereocenters. The van der Waals surface area contributed by atoms with Gasteiger partial charge in [-0.15, -0.1) is 0 Å². The summed E-state index contributed by atoms with van der Waals surface area (Å²) in [5.41, 5.74) is -0.118. The van der Waals surface area contributed by atoms with Crippen molar-refractivity contribution in [2.75, 3.05) is 12.1 Å². The lowest BCUT2D eigenvalue weighted by molar-refractivity contribution is -0.384. The number of hydrogen-bond acceptors (Lipinski definition) is 6. The third-order valence-electron chi connectivity index (χ3n) is 3.56. The number of nitrogens with zero attached hydrogens (tertiary/aromatic N) is 2. The summed E-state index contributed by atoms with van der Waals surface area (Å²) >= 11 is 11.9. The Balaban J connectivity index is 1.87. The lowest BCUT2D eigenvalue weighted by atomic mass is 10.1. The first-order valence-corrected chi connectivity index (χ1v) is 8.11. The van der Waals surface area contributed by atoms with Gasteiger partial charge in [0.25, 0.3) is 11.6 Å². The normalized spacial score (nSPS) is 12.4. The maximum Gasteiger partial charge on any atom is 0.289 e. The molecule has 3 rings (SSSR count). The topological polar surface area (TPSA) is 114 Å². The summed E-state index contributed by atoms with van der Waals surface area (Å²) in [7, 11) is 0. The van der Waals surface area contributed by atoms with Crippen LogP contribution in [0.5, 0.6) is 11.5 Å². The Morgan fingerprint density at radius 2 is 1.93 bits per heavy atom. The van der Waals surface area contributed by atoms with Crippen LogP contribution in [-0.4, -0.2) is 17.6 Å². The number of nitriles is 1. The molecule has 2 aromatic rings. The Hall–Kier alpha value is -3.28. The van der Waals surface area contributed by atoms with Gasteiger partial charge in [-0.25, -0.2) is 0 Å². The quantitative estimate of drug-likeness (QED) is 0.353. The number of carbonyl (C=O) groups excluding carboxylic acids is 1. The number of benzene rings is 2. The first-order valence-electron chi connectivity index (χ1n) is 7.35. The minimum atomic E-state index is -0.761. The highest BCUT2D eigenvalue weighted by Crippen LogP contribution is 2.37. The van der Waals surface area contributed by atoms with E-state index in [-0.39, 0.29) is 33.8 Å². The number of anilines is 1. The van der Waals surface area contributed by atoms with Gasteiger partial charge in [0, 0.05) is 17.8 Å². The van der Waals surface area contributed by atoms with Gasteiger partial charge in [-0.05, 0) is 29.8 Å². The fourth-order valence-corrected chi connectivity index (χ4v) is 2.67. The fraction of sp³-hybridized carbons (Fsp3) is 0.0588. The summed E-state index contributed by atoms with van der Waals surface area (Å²) in [4.78, 5) is 22.6. The van der Waals surface area contributed by atoms with E-state index in [9.17, 15) is 20.2 Å². The molecule has 1 amide bonds. The van der Waals surface area contributed by atoms with E-state index in [1.807, 2.05) is 0 Å². The highest BCUT2D eigenvalue weighted by Gasteiger charge is 2.18. The molecular formula is C17H9Cl2N3O5. The summed E-state index contributed by atoms with van der Waals surface area (Å²) in [6, 6.07) is 8.60. The molecule has 1 aliphatic heterocycles. The van der Waals surface area contributed by atoms with Gasteiger partial charge in [0.2, 0.25) is 6.79 Å². The molecule has 0 spiro atoms. The van der Waals surface area contributed by atoms with Gasteiger partial charge in [-0.1, -0.05) is 23.2 Å². The second-order valence-electron chi connectivity index (χ2n) is 5.27. The highest BCUT2D eigenvalue weighted by atomic mass is 35.5. The SMILES string of the molecule is N#CC(=Cc1cc2c(cc1Cl)OCO2)C(=O)Nc1ccc(Cl)c([N+](=O)[O-])c1. The van der Waals surface area contributed by atoms with Crippen LogP contribution in [0, 0.1) is 21.4 Å². The third-order valence-corrected chi connectivity index (χ3v) is 4.20. The molecule has 0 saturated carbocycles. The van der Waals surface area contributed by atoms with E-state index in [1.165, 1.54) is 24.3 Å². The zero-order valence-electron chi connectivity index (χ0n) is 13.4. The van der Waals surface area contributed by atoms with Gasteiger partial charge in [-0.2, -0.15) is 5.26 Å².